The van der Waals surface area contributed by atoms with Crippen LogP contribution >= 0.6 is 0 Å². The predicted octanol–water partition coefficient (Wildman–Crippen LogP) is 3.12. The molecule has 2 aliphatic heterocycles. The van der Waals surface area contributed by atoms with Gasteiger partial charge in [-0.25, -0.2) is 18.7 Å². The molecule has 0 spiro atoms. The fourth-order valence-corrected chi connectivity index (χ4v) is 4.27. The van der Waals surface area contributed by atoms with E-state index in [1.54, 1.807) is 19.1 Å². The standard InChI is InChI=1S/C21H26F2N4O3/c1-29-17-11-15-16(12-18(17)30-2)24-13-25-19(15)26-7-3-14(4-8-26)20(28)27-9-5-21(22,23)6-10-27/h11-14H,3-10H2,1-2H3. The SMILES string of the molecule is COc1cc2ncnc(N3CCC(C(=O)N4CCC(F)(F)CC4)CC3)c2cc1OC. The number of carbonyl (C=O) groups is 1. The van der Waals surface area contributed by atoms with E-state index in [0.29, 0.717) is 37.4 Å². The van der Waals surface area contributed by atoms with Crippen LogP contribution in [0, 0.1) is 5.92 Å². The molecule has 2 fully saturated rings. The maximum Gasteiger partial charge on any atom is 0.251 e. The molecule has 0 bridgehead atoms. The van der Waals surface area contributed by atoms with Crippen molar-refractivity contribution in [2.45, 2.75) is 31.6 Å². The highest BCUT2D eigenvalue weighted by Crippen LogP contribution is 2.36. The molecule has 1 aromatic carbocycles. The molecule has 2 saturated heterocycles. The van der Waals surface area contributed by atoms with Gasteiger partial charge in [-0.1, -0.05) is 0 Å². The summed E-state index contributed by atoms with van der Waals surface area (Å²) in [4.78, 5) is 25.3. The Morgan fingerprint density at radius 2 is 1.67 bits per heavy atom. The Hall–Kier alpha value is -2.71. The number of benzene rings is 1. The van der Waals surface area contributed by atoms with Crippen molar-refractivity contribution < 1.29 is 23.0 Å². The van der Waals surface area contributed by atoms with E-state index in [0.717, 1.165) is 16.7 Å². The van der Waals surface area contributed by atoms with Gasteiger partial charge in [0.05, 0.1) is 19.7 Å². The monoisotopic (exact) mass is 420 g/mol. The van der Waals surface area contributed by atoms with Gasteiger partial charge < -0.3 is 19.3 Å². The summed E-state index contributed by atoms with van der Waals surface area (Å²) < 4.78 is 37.5. The first-order chi connectivity index (χ1) is 14.4. The first kappa shape index (κ1) is 20.6. The van der Waals surface area contributed by atoms with Crippen molar-refractivity contribution in [1.29, 1.82) is 0 Å². The van der Waals surface area contributed by atoms with Crippen molar-refractivity contribution in [2.75, 3.05) is 45.3 Å². The number of aromatic nitrogens is 2. The lowest BCUT2D eigenvalue weighted by atomic mass is 9.93. The van der Waals surface area contributed by atoms with E-state index in [-0.39, 0.29) is 37.8 Å². The smallest absolute Gasteiger partial charge is 0.251 e. The van der Waals surface area contributed by atoms with Crippen LogP contribution < -0.4 is 14.4 Å². The van der Waals surface area contributed by atoms with Gasteiger partial charge in [0.2, 0.25) is 5.91 Å². The lowest BCUT2D eigenvalue weighted by molar-refractivity contribution is -0.142. The third kappa shape index (κ3) is 3.97. The number of piperidine rings is 2. The maximum atomic E-state index is 13.4. The van der Waals surface area contributed by atoms with Gasteiger partial charge in [-0.15, -0.1) is 0 Å². The predicted molar refractivity (Wildman–Crippen MR) is 108 cm³/mol. The van der Waals surface area contributed by atoms with Crippen molar-refractivity contribution in [2.24, 2.45) is 5.92 Å². The highest BCUT2D eigenvalue weighted by molar-refractivity contribution is 5.92. The average molecular weight is 420 g/mol. The first-order valence-electron chi connectivity index (χ1n) is 10.2. The third-order valence-electron chi connectivity index (χ3n) is 6.07. The lowest BCUT2D eigenvalue weighted by Crippen LogP contribution is -2.47. The van der Waals surface area contributed by atoms with E-state index in [9.17, 15) is 13.6 Å². The number of fused-ring (bicyclic) bond motifs is 1. The Labute approximate surface area is 174 Å². The van der Waals surface area contributed by atoms with Crippen LogP contribution in [0.3, 0.4) is 0 Å². The van der Waals surface area contributed by atoms with Gasteiger partial charge in [-0.05, 0) is 18.9 Å². The summed E-state index contributed by atoms with van der Waals surface area (Å²) in [5.74, 6) is -0.763. The van der Waals surface area contributed by atoms with E-state index < -0.39 is 5.92 Å². The number of anilines is 1. The van der Waals surface area contributed by atoms with Gasteiger partial charge in [0.15, 0.2) is 11.5 Å². The highest BCUT2D eigenvalue weighted by Gasteiger charge is 2.38. The summed E-state index contributed by atoms with van der Waals surface area (Å²) in [7, 11) is 3.16. The second-order valence-corrected chi connectivity index (χ2v) is 7.86. The molecule has 30 heavy (non-hydrogen) atoms. The van der Waals surface area contributed by atoms with Crippen LogP contribution in [0.1, 0.15) is 25.7 Å². The Morgan fingerprint density at radius 3 is 2.30 bits per heavy atom. The lowest BCUT2D eigenvalue weighted by Gasteiger charge is -2.37. The van der Waals surface area contributed by atoms with Gasteiger partial charge in [-0.2, -0.15) is 0 Å². The summed E-state index contributed by atoms with van der Waals surface area (Å²) in [5.41, 5.74) is 0.755. The minimum absolute atomic E-state index is 0.00380. The Balaban J connectivity index is 1.46. The van der Waals surface area contributed by atoms with E-state index in [2.05, 4.69) is 14.9 Å². The van der Waals surface area contributed by atoms with Gasteiger partial charge >= 0.3 is 0 Å². The molecule has 0 unspecified atom stereocenters. The number of hydrogen-bond donors (Lipinski definition) is 0. The summed E-state index contributed by atoms with van der Waals surface area (Å²) in [6.07, 6.45) is 2.38. The molecule has 7 nitrogen and oxygen atoms in total. The molecule has 1 aromatic heterocycles. The number of amides is 1. The molecular weight excluding hydrogens is 394 g/mol. The molecule has 3 heterocycles. The minimum Gasteiger partial charge on any atom is -0.493 e. The largest absolute Gasteiger partial charge is 0.493 e. The molecule has 4 rings (SSSR count). The molecule has 0 aliphatic carbocycles. The number of hydrogen-bond acceptors (Lipinski definition) is 6. The number of nitrogens with zero attached hydrogens (tertiary/aromatic N) is 4. The minimum atomic E-state index is -2.64. The quantitative estimate of drug-likeness (QED) is 0.757. The Kier molecular flexibility index (Phi) is 5.62. The molecule has 162 valence electrons. The summed E-state index contributed by atoms with van der Waals surface area (Å²) in [6.45, 7) is 1.62. The number of halogens is 2. The van der Waals surface area contributed by atoms with Crippen LogP contribution in [0.4, 0.5) is 14.6 Å². The normalized spacial score (nSPS) is 19.7. The maximum absolute atomic E-state index is 13.4. The van der Waals surface area contributed by atoms with Gasteiger partial charge in [0, 0.05) is 56.4 Å². The first-order valence-corrected chi connectivity index (χ1v) is 10.2. The van der Waals surface area contributed by atoms with Crippen molar-refractivity contribution in [3.05, 3.63) is 18.5 Å². The van der Waals surface area contributed by atoms with E-state index in [1.165, 1.54) is 6.33 Å². The third-order valence-corrected chi connectivity index (χ3v) is 6.07. The summed E-state index contributed by atoms with van der Waals surface area (Å²) >= 11 is 0. The van der Waals surface area contributed by atoms with Crippen molar-refractivity contribution in [3.63, 3.8) is 0 Å². The molecular formula is C21H26F2N4O3. The zero-order valence-corrected chi connectivity index (χ0v) is 17.2. The molecule has 2 aromatic rings. The Morgan fingerprint density at radius 1 is 1.03 bits per heavy atom. The van der Waals surface area contributed by atoms with E-state index in [1.807, 2.05) is 12.1 Å². The summed E-state index contributed by atoms with van der Waals surface area (Å²) in [5, 5.41) is 0.859. The summed E-state index contributed by atoms with van der Waals surface area (Å²) in [6, 6.07) is 3.69. The second kappa shape index (κ2) is 8.20. The number of carbonyl (C=O) groups excluding carboxylic acids is 1. The molecule has 0 N–H and O–H groups in total. The van der Waals surface area contributed by atoms with Crippen LogP contribution in [0.15, 0.2) is 18.5 Å². The fraction of sp³-hybridized carbons (Fsp3) is 0.571. The number of likely N-dealkylation sites (tertiary alicyclic amines) is 1. The van der Waals surface area contributed by atoms with E-state index in [4.69, 9.17) is 9.47 Å². The molecule has 1 amide bonds. The average Bonchev–Trinajstić information content (AvgIpc) is 2.77. The number of rotatable bonds is 4. The molecule has 0 atom stereocenters. The molecule has 2 aliphatic rings. The fourth-order valence-electron chi connectivity index (χ4n) is 4.27. The topological polar surface area (TPSA) is 67.8 Å². The molecule has 0 saturated carbocycles. The molecule has 0 radical (unpaired) electrons. The van der Waals surface area contributed by atoms with Gasteiger partial charge in [0.1, 0.15) is 12.1 Å². The van der Waals surface area contributed by atoms with Crippen molar-refractivity contribution >= 4 is 22.6 Å². The van der Waals surface area contributed by atoms with Crippen molar-refractivity contribution in [1.82, 2.24) is 14.9 Å². The molecule has 9 heteroatoms. The number of ether oxygens (including phenoxy) is 2. The van der Waals surface area contributed by atoms with Crippen LogP contribution in [-0.4, -0.2) is 67.1 Å². The zero-order chi connectivity index (χ0) is 21.3. The van der Waals surface area contributed by atoms with Crippen LogP contribution in [-0.2, 0) is 4.79 Å². The van der Waals surface area contributed by atoms with Crippen LogP contribution in [0.5, 0.6) is 11.5 Å². The van der Waals surface area contributed by atoms with E-state index >= 15 is 0 Å². The second-order valence-electron chi connectivity index (χ2n) is 7.86. The van der Waals surface area contributed by atoms with Gasteiger partial charge in [-0.3, -0.25) is 4.79 Å². The number of alkyl halides is 2. The van der Waals surface area contributed by atoms with Crippen molar-refractivity contribution in [3.8, 4) is 11.5 Å². The number of methoxy groups -OCH3 is 2. The van der Waals surface area contributed by atoms with Crippen LogP contribution in [0.2, 0.25) is 0 Å². The zero-order valence-electron chi connectivity index (χ0n) is 17.2. The Bertz CT molecular complexity index is 922. The van der Waals surface area contributed by atoms with Crippen LogP contribution in [0.25, 0.3) is 10.9 Å². The van der Waals surface area contributed by atoms with Gasteiger partial charge in [0.25, 0.3) is 5.92 Å². The highest BCUT2D eigenvalue weighted by atomic mass is 19.3.